The molecule has 2 aromatic rings. The number of carboxylic acids is 1. The molecule has 2 N–H and O–H groups in total. The van der Waals surface area contributed by atoms with Gasteiger partial charge in [0.05, 0.1) is 25.4 Å². The minimum atomic E-state index is -0.944. The van der Waals surface area contributed by atoms with Crippen LogP contribution in [0, 0.1) is 0 Å². The van der Waals surface area contributed by atoms with E-state index in [0.29, 0.717) is 11.4 Å². The number of hydrogen-bond acceptors (Lipinski definition) is 4. The van der Waals surface area contributed by atoms with E-state index in [2.05, 4.69) is 10.3 Å². The van der Waals surface area contributed by atoms with E-state index in [-0.39, 0.29) is 18.7 Å². The van der Waals surface area contributed by atoms with Crippen LogP contribution < -0.4 is 10.1 Å². The van der Waals surface area contributed by atoms with Crippen LogP contribution in [0.5, 0.6) is 5.75 Å². The molecule has 0 fully saturated rings. The minimum absolute atomic E-state index is 0.0769. The highest BCUT2D eigenvalue weighted by Crippen LogP contribution is 2.26. The van der Waals surface area contributed by atoms with E-state index >= 15 is 0 Å². The van der Waals surface area contributed by atoms with E-state index in [0.717, 1.165) is 5.56 Å². The maximum absolute atomic E-state index is 12.1. The van der Waals surface area contributed by atoms with Crippen molar-refractivity contribution in [1.82, 2.24) is 4.98 Å². The zero-order valence-electron chi connectivity index (χ0n) is 12.7. The second-order valence-corrected chi connectivity index (χ2v) is 5.06. The van der Waals surface area contributed by atoms with Gasteiger partial charge in [0, 0.05) is 18.5 Å². The number of pyridine rings is 1. The van der Waals surface area contributed by atoms with Crippen LogP contribution in [0.2, 0.25) is 0 Å². The van der Waals surface area contributed by atoms with Crippen molar-refractivity contribution >= 4 is 17.6 Å². The average Bonchev–Trinajstić information content (AvgIpc) is 2.55. The molecule has 1 amide bonds. The molecule has 1 aromatic carbocycles. The highest BCUT2D eigenvalue weighted by atomic mass is 16.5. The summed E-state index contributed by atoms with van der Waals surface area (Å²) in [4.78, 5) is 27.1. The van der Waals surface area contributed by atoms with Gasteiger partial charge in [-0.15, -0.1) is 0 Å². The molecular weight excluding hydrogens is 296 g/mol. The summed E-state index contributed by atoms with van der Waals surface area (Å²) in [7, 11) is 1.56. The number of aromatic nitrogens is 1. The van der Waals surface area contributed by atoms with E-state index in [1.54, 1.807) is 49.7 Å². The number of amides is 1. The summed E-state index contributed by atoms with van der Waals surface area (Å²) in [6, 6.07) is 10.5. The van der Waals surface area contributed by atoms with Crippen molar-refractivity contribution < 1.29 is 19.4 Å². The zero-order valence-corrected chi connectivity index (χ0v) is 12.7. The van der Waals surface area contributed by atoms with Crippen LogP contribution >= 0.6 is 0 Å². The summed E-state index contributed by atoms with van der Waals surface area (Å²) in [5.41, 5.74) is 1.37. The molecule has 0 unspecified atom stereocenters. The van der Waals surface area contributed by atoms with E-state index in [9.17, 15) is 9.59 Å². The van der Waals surface area contributed by atoms with Gasteiger partial charge in [0.1, 0.15) is 5.75 Å². The van der Waals surface area contributed by atoms with Gasteiger partial charge in [-0.25, -0.2) is 0 Å². The number of ether oxygens (including phenoxy) is 1. The Bertz CT molecular complexity index is 656. The van der Waals surface area contributed by atoms with Gasteiger partial charge in [0.25, 0.3) is 0 Å². The maximum Gasteiger partial charge on any atom is 0.303 e. The lowest BCUT2D eigenvalue weighted by molar-refractivity contribution is -0.137. The summed E-state index contributed by atoms with van der Waals surface area (Å²) < 4.78 is 5.09. The van der Waals surface area contributed by atoms with Gasteiger partial charge in [-0.1, -0.05) is 12.1 Å². The fourth-order valence-corrected chi connectivity index (χ4v) is 2.27. The van der Waals surface area contributed by atoms with E-state index in [4.69, 9.17) is 9.84 Å². The first-order chi connectivity index (χ1) is 11.1. The van der Waals surface area contributed by atoms with Gasteiger partial charge in [-0.3, -0.25) is 14.6 Å². The Labute approximate surface area is 134 Å². The fourth-order valence-electron chi connectivity index (χ4n) is 2.27. The van der Waals surface area contributed by atoms with Crippen molar-refractivity contribution in [2.45, 2.75) is 18.8 Å². The highest BCUT2D eigenvalue weighted by Gasteiger charge is 2.19. The van der Waals surface area contributed by atoms with Crippen LogP contribution in [-0.2, 0) is 9.59 Å². The van der Waals surface area contributed by atoms with Crippen LogP contribution in [0.3, 0.4) is 0 Å². The lowest BCUT2D eigenvalue weighted by atomic mass is 9.92. The van der Waals surface area contributed by atoms with Crippen molar-refractivity contribution in [2.24, 2.45) is 0 Å². The number of aliphatic carboxylic acids is 1. The van der Waals surface area contributed by atoms with Gasteiger partial charge >= 0.3 is 5.97 Å². The van der Waals surface area contributed by atoms with Gasteiger partial charge in [0.2, 0.25) is 5.91 Å². The number of benzene rings is 1. The second kappa shape index (κ2) is 7.93. The first-order valence-electron chi connectivity index (χ1n) is 7.14. The van der Waals surface area contributed by atoms with Crippen LogP contribution in [0.25, 0.3) is 0 Å². The predicted molar refractivity (Wildman–Crippen MR) is 85.5 cm³/mol. The Balaban J connectivity index is 2.08. The highest BCUT2D eigenvalue weighted by molar-refractivity contribution is 5.91. The van der Waals surface area contributed by atoms with Crippen LogP contribution in [0.15, 0.2) is 48.8 Å². The molecule has 1 atom stereocenters. The number of nitrogens with zero attached hydrogens (tertiary/aromatic N) is 1. The van der Waals surface area contributed by atoms with Gasteiger partial charge in [0.15, 0.2) is 0 Å². The summed E-state index contributed by atoms with van der Waals surface area (Å²) >= 11 is 0. The summed E-state index contributed by atoms with van der Waals surface area (Å²) in [6.45, 7) is 0. The molecule has 0 spiro atoms. The van der Waals surface area contributed by atoms with Crippen molar-refractivity contribution in [2.75, 3.05) is 12.4 Å². The molecule has 0 saturated heterocycles. The standard InChI is InChI=1S/C17H18N2O4/c1-23-15-6-4-12(5-7-15)13(10-17(21)22)9-16(20)19-14-3-2-8-18-11-14/h2-8,11,13H,9-10H2,1H3,(H,19,20)(H,21,22)/t13-/m1/s1. The number of hydrogen-bond donors (Lipinski definition) is 2. The van der Waals surface area contributed by atoms with Gasteiger partial charge in [-0.2, -0.15) is 0 Å². The summed E-state index contributed by atoms with van der Waals surface area (Å²) in [6.07, 6.45) is 3.11. The predicted octanol–water partition coefficient (Wildman–Crippen LogP) is 2.68. The third-order valence-electron chi connectivity index (χ3n) is 3.39. The van der Waals surface area contributed by atoms with Crippen molar-refractivity contribution in [3.05, 3.63) is 54.4 Å². The average molecular weight is 314 g/mol. The van der Waals surface area contributed by atoms with Gasteiger partial charge in [-0.05, 0) is 29.8 Å². The Kier molecular flexibility index (Phi) is 5.68. The molecule has 0 saturated carbocycles. The Morgan fingerprint density at radius 1 is 1.22 bits per heavy atom. The van der Waals surface area contributed by atoms with Crippen LogP contribution in [0.1, 0.15) is 24.3 Å². The molecule has 120 valence electrons. The van der Waals surface area contributed by atoms with E-state index in [1.807, 2.05) is 0 Å². The van der Waals surface area contributed by atoms with Crippen molar-refractivity contribution in [1.29, 1.82) is 0 Å². The molecule has 1 aromatic heterocycles. The summed E-state index contributed by atoms with van der Waals surface area (Å²) in [5, 5.41) is 11.8. The Hall–Kier alpha value is -2.89. The molecule has 2 rings (SSSR count). The first kappa shape index (κ1) is 16.5. The number of carbonyl (C=O) groups is 2. The molecule has 23 heavy (non-hydrogen) atoms. The number of carbonyl (C=O) groups excluding carboxylic acids is 1. The third kappa shape index (κ3) is 5.10. The Morgan fingerprint density at radius 3 is 2.52 bits per heavy atom. The quantitative estimate of drug-likeness (QED) is 0.820. The monoisotopic (exact) mass is 314 g/mol. The first-order valence-corrected chi connectivity index (χ1v) is 7.14. The zero-order chi connectivity index (χ0) is 16.7. The molecule has 6 nitrogen and oxygen atoms in total. The van der Waals surface area contributed by atoms with Crippen LogP contribution in [0.4, 0.5) is 5.69 Å². The number of anilines is 1. The number of carboxylic acid groups (broad SMARTS) is 1. The minimum Gasteiger partial charge on any atom is -0.497 e. The lowest BCUT2D eigenvalue weighted by Crippen LogP contribution is -2.17. The van der Waals surface area contributed by atoms with E-state index in [1.165, 1.54) is 6.20 Å². The van der Waals surface area contributed by atoms with E-state index < -0.39 is 11.9 Å². The normalized spacial score (nSPS) is 11.5. The molecular formula is C17H18N2O4. The molecule has 0 bridgehead atoms. The number of rotatable bonds is 7. The molecule has 6 heteroatoms. The molecule has 0 aliphatic heterocycles. The summed E-state index contributed by atoms with van der Waals surface area (Å²) in [5.74, 6) is -0.919. The molecule has 0 aliphatic carbocycles. The van der Waals surface area contributed by atoms with Gasteiger partial charge < -0.3 is 15.2 Å². The third-order valence-corrected chi connectivity index (χ3v) is 3.39. The topological polar surface area (TPSA) is 88.5 Å². The van der Waals surface area contributed by atoms with Crippen molar-refractivity contribution in [3.63, 3.8) is 0 Å². The van der Waals surface area contributed by atoms with Crippen molar-refractivity contribution in [3.8, 4) is 5.75 Å². The second-order valence-electron chi connectivity index (χ2n) is 5.06. The number of methoxy groups -OCH3 is 1. The number of nitrogens with one attached hydrogen (secondary N) is 1. The van der Waals surface area contributed by atoms with Crippen LogP contribution in [-0.4, -0.2) is 29.1 Å². The molecule has 0 radical (unpaired) electrons. The maximum atomic E-state index is 12.1. The fraction of sp³-hybridized carbons (Fsp3) is 0.235. The SMILES string of the molecule is COc1ccc([C@@H](CC(=O)O)CC(=O)Nc2cccnc2)cc1. The largest absolute Gasteiger partial charge is 0.497 e. The molecule has 1 heterocycles. The lowest BCUT2D eigenvalue weighted by Gasteiger charge is -2.15. The smallest absolute Gasteiger partial charge is 0.303 e. The molecule has 0 aliphatic rings. The Morgan fingerprint density at radius 2 is 1.96 bits per heavy atom.